The number of thioether (sulfide) groups is 1. The van der Waals surface area contributed by atoms with Crippen molar-refractivity contribution >= 4 is 46.3 Å². The van der Waals surface area contributed by atoms with Crippen LogP contribution in [-0.4, -0.2) is 40.7 Å². The van der Waals surface area contributed by atoms with E-state index in [0.29, 0.717) is 34.6 Å². The number of nitrogens with zero attached hydrogens (tertiary/aromatic N) is 3. The Morgan fingerprint density at radius 3 is 2.77 bits per heavy atom. The van der Waals surface area contributed by atoms with Gasteiger partial charge in [0.05, 0.1) is 10.6 Å². The minimum Gasteiger partial charge on any atom is -0.341 e. The van der Waals surface area contributed by atoms with Gasteiger partial charge in [-0.2, -0.15) is 11.3 Å². The van der Waals surface area contributed by atoms with Gasteiger partial charge in [0.1, 0.15) is 5.82 Å². The second-order valence-corrected chi connectivity index (χ2v) is 10.3. The lowest BCUT2D eigenvalue weighted by atomic mass is 9.97. The summed E-state index contributed by atoms with van der Waals surface area (Å²) in [6.45, 7) is 2.96. The summed E-state index contributed by atoms with van der Waals surface area (Å²) in [5, 5.41) is 9.40. The van der Waals surface area contributed by atoms with Gasteiger partial charge in [-0.15, -0.1) is 0 Å². The molecule has 0 saturated carbocycles. The molecule has 0 aliphatic carbocycles. The molecule has 3 aromatic rings. The van der Waals surface area contributed by atoms with Gasteiger partial charge in [-0.05, 0) is 89.3 Å². The Balaban J connectivity index is 1.13. The summed E-state index contributed by atoms with van der Waals surface area (Å²) in [6, 6.07) is 9.06. The van der Waals surface area contributed by atoms with E-state index in [1.807, 2.05) is 23.6 Å². The summed E-state index contributed by atoms with van der Waals surface area (Å²) in [6.07, 6.45) is 5.23. The van der Waals surface area contributed by atoms with Gasteiger partial charge >= 0.3 is 0 Å². The summed E-state index contributed by atoms with van der Waals surface area (Å²) < 4.78 is 14.3. The highest BCUT2D eigenvalue weighted by atomic mass is 32.2. The number of aromatic nitrogens is 2. The van der Waals surface area contributed by atoms with E-state index in [-0.39, 0.29) is 11.1 Å². The van der Waals surface area contributed by atoms with Gasteiger partial charge < -0.3 is 10.2 Å². The van der Waals surface area contributed by atoms with Gasteiger partial charge in [0.2, 0.25) is 5.95 Å². The van der Waals surface area contributed by atoms with E-state index in [0.717, 1.165) is 55.4 Å². The first kappa shape index (κ1) is 23.7. The summed E-state index contributed by atoms with van der Waals surface area (Å²) in [5.74, 6) is 0.528. The van der Waals surface area contributed by atoms with Crippen LogP contribution in [-0.2, 0) is 11.3 Å². The summed E-state index contributed by atoms with van der Waals surface area (Å²) in [5.41, 5.74) is 3.43. The highest BCUT2D eigenvalue weighted by Crippen LogP contribution is 2.27. The lowest BCUT2D eigenvalue weighted by Gasteiger charge is -2.32. The SMILES string of the molecule is O=C1NC(=O)C(=Cc2ccnc(N3CCC(CNCc4cc(-c5ccsc5)ccc4F)CC3)n2)S1. The molecule has 2 saturated heterocycles. The number of imide groups is 1. The van der Waals surface area contributed by atoms with Gasteiger partial charge in [-0.1, -0.05) is 6.07 Å². The molecule has 10 heteroatoms. The molecule has 2 aromatic heterocycles. The number of hydrogen-bond donors (Lipinski definition) is 2. The molecular formula is C25H24FN5O2S2. The van der Waals surface area contributed by atoms with Crippen LogP contribution in [0.3, 0.4) is 0 Å². The zero-order valence-electron chi connectivity index (χ0n) is 18.9. The first-order chi connectivity index (χ1) is 17.0. The molecule has 2 aliphatic heterocycles. The van der Waals surface area contributed by atoms with Crippen LogP contribution in [0.4, 0.5) is 15.1 Å². The van der Waals surface area contributed by atoms with E-state index in [2.05, 4.69) is 30.9 Å². The third-order valence-electron chi connectivity index (χ3n) is 6.13. The molecule has 0 bridgehead atoms. The largest absolute Gasteiger partial charge is 0.341 e. The number of rotatable bonds is 7. The Bertz CT molecular complexity index is 1260. The molecular weight excluding hydrogens is 485 g/mol. The van der Waals surface area contributed by atoms with Gasteiger partial charge in [0.15, 0.2) is 0 Å². The maximum Gasteiger partial charge on any atom is 0.290 e. The van der Waals surface area contributed by atoms with Gasteiger partial charge in [0, 0.05) is 31.4 Å². The van der Waals surface area contributed by atoms with E-state index < -0.39 is 5.91 Å². The van der Waals surface area contributed by atoms with E-state index >= 15 is 0 Å². The van der Waals surface area contributed by atoms with Crippen molar-refractivity contribution in [3.63, 3.8) is 0 Å². The van der Waals surface area contributed by atoms with Crippen molar-refractivity contribution < 1.29 is 14.0 Å². The standard InChI is InChI=1S/C25H24FN5O2S2/c26-21-2-1-17(18-6-10-34-15-18)11-19(21)14-27-13-16-4-8-31(9-5-16)24-28-7-3-20(29-24)12-22-23(32)30-25(33)35-22/h1-3,6-7,10-12,15-16,27H,4-5,8-9,13-14H2,(H,30,32,33). The van der Waals surface area contributed by atoms with E-state index in [4.69, 9.17) is 0 Å². The van der Waals surface area contributed by atoms with Crippen molar-refractivity contribution in [1.29, 1.82) is 0 Å². The number of nitrogens with one attached hydrogen (secondary N) is 2. The number of piperidine rings is 1. The van der Waals surface area contributed by atoms with Crippen molar-refractivity contribution in [2.24, 2.45) is 5.92 Å². The molecule has 35 heavy (non-hydrogen) atoms. The Hall–Kier alpha value is -3.08. The van der Waals surface area contributed by atoms with Crippen LogP contribution >= 0.6 is 23.1 Å². The van der Waals surface area contributed by atoms with Crippen LogP contribution in [0.2, 0.25) is 0 Å². The smallest absolute Gasteiger partial charge is 0.290 e. The minimum atomic E-state index is -0.397. The number of carbonyl (C=O) groups is 2. The predicted octanol–water partition coefficient (Wildman–Crippen LogP) is 4.67. The maximum absolute atomic E-state index is 14.3. The number of thiophene rings is 1. The van der Waals surface area contributed by atoms with Crippen molar-refractivity contribution in [2.75, 3.05) is 24.5 Å². The minimum absolute atomic E-state index is 0.184. The van der Waals surface area contributed by atoms with Crippen molar-refractivity contribution in [1.82, 2.24) is 20.6 Å². The summed E-state index contributed by atoms with van der Waals surface area (Å²) in [7, 11) is 0. The molecule has 2 N–H and O–H groups in total. The van der Waals surface area contributed by atoms with Gasteiger partial charge in [-0.3, -0.25) is 14.9 Å². The molecule has 2 fully saturated rings. The van der Waals surface area contributed by atoms with E-state index in [9.17, 15) is 14.0 Å². The molecule has 0 unspecified atom stereocenters. The number of benzene rings is 1. The molecule has 2 aliphatic rings. The number of amides is 2. The molecule has 0 radical (unpaired) electrons. The number of carbonyl (C=O) groups excluding carboxylic acids is 2. The normalized spacial score (nSPS) is 17.9. The lowest BCUT2D eigenvalue weighted by molar-refractivity contribution is -0.115. The number of anilines is 1. The lowest BCUT2D eigenvalue weighted by Crippen LogP contribution is -2.38. The Labute approximate surface area is 210 Å². The van der Waals surface area contributed by atoms with Crippen LogP contribution in [0.25, 0.3) is 17.2 Å². The molecule has 0 atom stereocenters. The number of halogens is 1. The Kier molecular flexibility index (Phi) is 7.21. The fourth-order valence-corrected chi connectivity index (χ4v) is 5.55. The monoisotopic (exact) mass is 509 g/mol. The topological polar surface area (TPSA) is 87.2 Å². The third-order valence-corrected chi connectivity index (χ3v) is 7.63. The van der Waals surface area contributed by atoms with E-state index in [1.54, 1.807) is 35.7 Å². The number of hydrogen-bond acceptors (Lipinski definition) is 8. The summed E-state index contributed by atoms with van der Waals surface area (Å²) in [4.78, 5) is 34.6. The fraction of sp³-hybridized carbons (Fsp3) is 0.280. The van der Waals surface area contributed by atoms with Gasteiger partial charge in [-0.25, -0.2) is 14.4 Å². The average molecular weight is 510 g/mol. The Morgan fingerprint density at radius 2 is 2.03 bits per heavy atom. The van der Waals surface area contributed by atoms with Crippen LogP contribution in [0.1, 0.15) is 24.1 Å². The molecule has 1 aromatic carbocycles. The predicted molar refractivity (Wildman–Crippen MR) is 137 cm³/mol. The van der Waals surface area contributed by atoms with Crippen molar-refractivity contribution in [3.05, 3.63) is 69.3 Å². The molecule has 5 rings (SSSR count). The molecule has 2 amide bonds. The van der Waals surface area contributed by atoms with Crippen molar-refractivity contribution in [3.8, 4) is 11.1 Å². The van der Waals surface area contributed by atoms with E-state index in [1.165, 1.54) is 0 Å². The highest BCUT2D eigenvalue weighted by molar-refractivity contribution is 8.18. The molecule has 0 spiro atoms. The van der Waals surface area contributed by atoms with Crippen LogP contribution in [0.15, 0.2) is 52.2 Å². The second-order valence-electron chi connectivity index (χ2n) is 8.51. The fourth-order valence-electron chi connectivity index (χ4n) is 4.22. The first-order valence-electron chi connectivity index (χ1n) is 11.4. The zero-order valence-corrected chi connectivity index (χ0v) is 20.5. The zero-order chi connectivity index (χ0) is 24.2. The van der Waals surface area contributed by atoms with Crippen LogP contribution in [0.5, 0.6) is 0 Å². The molecule has 4 heterocycles. The quantitative estimate of drug-likeness (QED) is 0.448. The first-order valence-corrected chi connectivity index (χ1v) is 13.2. The van der Waals surface area contributed by atoms with Crippen LogP contribution in [0, 0.1) is 11.7 Å². The maximum atomic E-state index is 14.3. The third kappa shape index (κ3) is 5.77. The summed E-state index contributed by atoms with van der Waals surface area (Å²) >= 11 is 2.51. The molecule has 180 valence electrons. The Morgan fingerprint density at radius 1 is 1.17 bits per heavy atom. The van der Waals surface area contributed by atoms with Crippen molar-refractivity contribution in [2.45, 2.75) is 19.4 Å². The van der Waals surface area contributed by atoms with Crippen LogP contribution < -0.4 is 15.5 Å². The second kappa shape index (κ2) is 10.7. The molecule has 7 nitrogen and oxygen atoms in total. The highest BCUT2D eigenvalue weighted by Gasteiger charge is 2.25. The average Bonchev–Trinajstić information content (AvgIpc) is 3.51. The van der Waals surface area contributed by atoms with Gasteiger partial charge in [0.25, 0.3) is 11.1 Å².